The van der Waals surface area contributed by atoms with E-state index >= 15 is 0 Å². The molecule has 10 heteroatoms. The summed E-state index contributed by atoms with van der Waals surface area (Å²) < 4.78 is 22.7. The molecule has 0 amide bonds. The number of carbonyl (C=O) groups is 3. The van der Waals surface area contributed by atoms with E-state index in [2.05, 4.69) is 0 Å². The van der Waals surface area contributed by atoms with E-state index in [4.69, 9.17) is 18.9 Å². The predicted octanol–water partition coefficient (Wildman–Crippen LogP) is 1.76. The van der Waals surface area contributed by atoms with E-state index in [1.807, 2.05) is 33.8 Å². The smallest absolute Gasteiger partial charge is 0.313 e. The highest BCUT2D eigenvalue weighted by Gasteiger charge is 2.46. The van der Waals surface area contributed by atoms with Crippen LogP contribution in [0.2, 0.25) is 0 Å². The zero-order valence-corrected chi connectivity index (χ0v) is 22.3. The van der Waals surface area contributed by atoms with Crippen molar-refractivity contribution in [1.82, 2.24) is 0 Å². The first-order valence-corrected chi connectivity index (χ1v) is 12.6. The van der Waals surface area contributed by atoms with Gasteiger partial charge in [0.15, 0.2) is 18.2 Å². The van der Waals surface area contributed by atoms with Crippen molar-refractivity contribution in [3.63, 3.8) is 0 Å². The number of aliphatic hydroxyl groups is 3. The van der Waals surface area contributed by atoms with Gasteiger partial charge in [-0.1, -0.05) is 32.1 Å². The monoisotopic (exact) mass is 524 g/mol. The fourth-order valence-electron chi connectivity index (χ4n) is 3.91. The molecule has 37 heavy (non-hydrogen) atoms. The van der Waals surface area contributed by atoms with E-state index in [1.54, 1.807) is 19.9 Å². The highest BCUT2D eigenvalue weighted by Crippen LogP contribution is 2.28. The number of allylic oxidation sites excluding steroid dienone is 1. The molecule has 8 atom stereocenters. The molecule has 2 rings (SSSR count). The Morgan fingerprint density at radius 3 is 2.46 bits per heavy atom. The Bertz CT molecular complexity index is 905. The summed E-state index contributed by atoms with van der Waals surface area (Å²) >= 11 is 0. The Kier molecular flexibility index (Phi) is 11.6. The van der Waals surface area contributed by atoms with Crippen molar-refractivity contribution in [3.8, 4) is 0 Å². The summed E-state index contributed by atoms with van der Waals surface area (Å²) in [6.07, 6.45) is -2.26. The van der Waals surface area contributed by atoms with Crippen LogP contribution in [-0.2, 0) is 33.3 Å². The van der Waals surface area contributed by atoms with Crippen LogP contribution in [-0.4, -0.2) is 82.6 Å². The molecule has 3 N–H and O–H groups in total. The lowest BCUT2D eigenvalue weighted by molar-refractivity contribution is -0.208. The van der Waals surface area contributed by atoms with Crippen LogP contribution < -0.4 is 0 Å². The van der Waals surface area contributed by atoms with Crippen LogP contribution in [0.5, 0.6) is 0 Å². The first kappa shape index (κ1) is 30.9. The summed E-state index contributed by atoms with van der Waals surface area (Å²) in [7, 11) is 0. The average Bonchev–Trinajstić information content (AvgIpc) is 3.12. The fourth-order valence-corrected chi connectivity index (χ4v) is 3.91. The molecule has 2 aliphatic heterocycles. The summed E-state index contributed by atoms with van der Waals surface area (Å²) in [5.41, 5.74) is 1.28. The Hall–Kier alpha value is -2.37. The zero-order valence-electron chi connectivity index (χ0n) is 22.3. The van der Waals surface area contributed by atoms with Crippen molar-refractivity contribution in [2.45, 2.75) is 97.3 Å². The minimum absolute atomic E-state index is 0.0276. The van der Waals surface area contributed by atoms with Gasteiger partial charge in [-0.05, 0) is 50.8 Å². The van der Waals surface area contributed by atoms with Crippen molar-refractivity contribution < 1.29 is 48.7 Å². The van der Waals surface area contributed by atoms with E-state index < -0.39 is 73.2 Å². The number of ether oxygens (including phenoxy) is 4. The number of hydrogen-bond donors (Lipinski definition) is 3. The molecule has 0 aliphatic carbocycles. The molecule has 0 bridgehead atoms. The largest absolute Gasteiger partial charge is 0.457 e. The Morgan fingerprint density at radius 2 is 1.89 bits per heavy atom. The van der Waals surface area contributed by atoms with Crippen molar-refractivity contribution in [3.05, 3.63) is 35.5 Å². The van der Waals surface area contributed by atoms with Crippen LogP contribution in [0, 0.1) is 11.8 Å². The summed E-state index contributed by atoms with van der Waals surface area (Å²) in [5.74, 6) is -2.53. The maximum absolute atomic E-state index is 13.3. The number of aliphatic hydroxyl groups excluding tert-OH is 3. The number of carbonyl (C=O) groups excluding carboxylic acids is 3. The molecule has 0 radical (unpaired) electrons. The number of cyclic esters (lactones) is 1. The van der Waals surface area contributed by atoms with Crippen LogP contribution in [0.25, 0.3) is 0 Å². The molecular formula is C27H40O10. The van der Waals surface area contributed by atoms with E-state index in [-0.39, 0.29) is 18.8 Å². The molecule has 2 aliphatic rings. The standard InChI is InChI=1S/C27H40O10/c1-7-15(4)19-11-9-16(5)24(37-27-23(32)22(31)20(13-28)35-27)25(36-21(30)12-14(2)3)18(29)10-8-17(6)26(33)34-19/h7-10,14,17,19-20,22-25,27-28,31-32H,11-13H2,1-6H3/b10-8+,15-7-,16-9+/t17-,19+,20+,22+,23-,24+,25+,27+/m0/s1. The minimum atomic E-state index is -1.51. The van der Waals surface area contributed by atoms with Gasteiger partial charge < -0.3 is 34.3 Å². The Labute approximate surface area is 217 Å². The van der Waals surface area contributed by atoms with Gasteiger partial charge in [0.25, 0.3) is 0 Å². The van der Waals surface area contributed by atoms with Crippen molar-refractivity contribution in [2.75, 3.05) is 6.61 Å². The maximum Gasteiger partial charge on any atom is 0.313 e. The molecule has 0 unspecified atom stereocenters. The third-order valence-corrected chi connectivity index (χ3v) is 6.41. The molecular weight excluding hydrogens is 484 g/mol. The quantitative estimate of drug-likeness (QED) is 0.332. The van der Waals surface area contributed by atoms with Crippen molar-refractivity contribution >= 4 is 17.7 Å². The van der Waals surface area contributed by atoms with Gasteiger partial charge in [0.05, 0.1) is 12.5 Å². The molecule has 2 heterocycles. The molecule has 0 saturated carbocycles. The lowest BCUT2D eigenvalue weighted by Crippen LogP contribution is -2.45. The second-order valence-electron chi connectivity index (χ2n) is 9.96. The van der Waals surface area contributed by atoms with E-state index in [0.717, 1.165) is 11.6 Å². The lowest BCUT2D eigenvalue weighted by Gasteiger charge is -2.30. The molecule has 0 spiro atoms. The summed E-state index contributed by atoms with van der Waals surface area (Å²) in [6.45, 7) is 10.0. The van der Waals surface area contributed by atoms with Gasteiger partial charge in [-0.3, -0.25) is 14.4 Å². The second kappa shape index (κ2) is 14.0. The molecule has 0 aromatic carbocycles. The van der Waals surface area contributed by atoms with E-state index in [9.17, 15) is 29.7 Å². The molecule has 0 aromatic heterocycles. The number of esters is 2. The van der Waals surface area contributed by atoms with Crippen LogP contribution in [0.4, 0.5) is 0 Å². The highest BCUT2D eigenvalue weighted by atomic mass is 16.7. The average molecular weight is 525 g/mol. The topological polar surface area (TPSA) is 149 Å². The van der Waals surface area contributed by atoms with Crippen LogP contribution in [0.3, 0.4) is 0 Å². The summed E-state index contributed by atoms with van der Waals surface area (Å²) in [6, 6.07) is 0. The summed E-state index contributed by atoms with van der Waals surface area (Å²) in [5, 5.41) is 30.1. The molecule has 0 aromatic rings. The number of ketones is 1. The first-order valence-electron chi connectivity index (χ1n) is 12.6. The predicted molar refractivity (Wildman–Crippen MR) is 133 cm³/mol. The zero-order chi connectivity index (χ0) is 27.9. The third kappa shape index (κ3) is 8.31. The van der Waals surface area contributed by atoms with Crippen molar-refractivity contribution in [2.24, 2.45) is 11.8 Å². The third-order valence-electron chi connectivity index (χ3n) is 6.41. The van der Waals surface area contributed by atoms with Gasteiger partial charge >= 0.3 is 11.9 Å². The van der Waals surface area contributed by atoms with Gasteiger partial charge in [0.1, 0.15) is 30.5 Å². The second-order valence-corrected chi connectivity index (χ2v) is 9.96. The van der Waals surface area contributed by atoms with Crippen molar-refractivity contribution in [1.29, 1.82) is 0 Å². The minimum Gasteiger partial charge on any atom is -0.457 e. The molecule has 1 saturated heterocycles. The fraction of sp³-hybridized carbons (Fsp3) is 0.667. The lowest BCUT2D eigenvalue weighted by atomic mass is 9.97. The maximum atomic E-state index is 13.3. The van der Waals surface area contributed by atoms with E-state index in [0.29, 0.717) is 5.57 Å². The van der Waals surface area contributed by atoms with Crippen LogP contribution in [0.1, 0.15) is 54.4 Å². The Morgan fingerprint density at radius 1 is 1.22 bits per heavy atom. The highest BCUT2D eigenvalue weighted by molar-refractivity contribution is 5.96. The van der Waals surface area contributed by atoms with Crippen LogP contribution in [0.15, 0.2) is 35.5 Å². The number of rotatable bonds is 7. The Balaban J connectivity index is 2.53. The van der Waals surface area contributed by atoms with E-state index in [1.165, 1.54) is 6.08 Å². The molecule has 10 nitrogen and oxygen atoms in total. The van der Waals surface area contributed by atoms with Gasteiger partial charge in [0, 0.05) is 12.8 Å². The first-order chi connectivity index (χ1) is 17.4. The summed E-state index contributed by atoms with van der Waals surface area (Å²) in [4.78, 5) is 38.5. The van der Waals surface area contributed by atoms with Gasteiger partial charge in [-0.25, -0.2) is 0 Å². The molecule has 208 valence electrons. The SMILES string of the molecule is C/C=C(/C)[C@H]1C/C=C(\C)[C@@H](O[C@H]2O[C@H](CO)[C@@H](O)[C@@H]2O)[C@H](OC(=O)CC(C)C)C(=O)/C=C/[C@H](C)C(=O)O1. The van der Waals surface area contributed by atoms with Gasteiger partial charge in [-0.2, -0.15) is 0 Å². The van der Waals surface area contributed by atoms with Crippen LogP contribution >= 0.6 is 0 Å². The normalized spacial score (nSPS) is 36.3. The van der Waals surface area contributed by atoms with Gasteiger partial charge in [0.2, 0.25) is 0 Å². The molecule has 1 fully saturated rings. The van der Waals surface area contributed by atoms with Gasteiger partial charge in [-0.15, -0.1) is 0 Å². The number of hydrogen-bond acceptors (Lipinski definition) is 10.